The lowest BCUT2D eigenvalue weighted by molar-refractivity contribution is -0.0287. The largest absolute Gasteiger partial charge is 0.383 e. The van der Waals surface area contributed by atoms with Crippen LogP contribution in [-0.4, -0.2) is 17.1 Å². The Kier molecular flexibility index (Phi) is 4.06. The Hall–Kier alpha value is -1.20. The van der Waals surface area contributed by atoms with Crippen molar-refractivity contribution >= 4 is 27.4 Å². The number of hydrogen-bond donors (Lipinski definition) is 1. The average molecular weight is 279 g/mol. The third-order valence-electron chi connectivity index (χ3n) is 3.76. The van der Waals surface area contributed by atoms with Crippen molar-refractivity contribution in [3.63, 3.8) is 0 Å². The van der Waals surface area contributed by atoms with Gasteiger partial charge in [0.05, 0.1) is 5.39 Å². The van der Waals surface area contributed by atoms with Crippen molar-refractivity contribution in [2.75, 3.05) is 12.8 Å². The maximum Gasteiger partial charge on any atom is 0.164 e. The summed E-state index contributed by atoms with van der Waals surface area (Å²) in [5.74, 6) is 1.26. The maximum atomic E-state index is 6.09. The first-order valence-corrected chi connectivity index (χ1v) is 7.53. The SMILES string of the molecule is CCc1cc2c(N)nc(C(CC)(CC)OC)nc2s1. The fourth-order valence-corrected chi connectivity index (χ4v) is 3.29. The number of hydrogen-bond acceptors (Lipinski definition) is 5. The number of aromatic nitrogens is 2. The third-order valence-corrected chi connectivity index (χ3v) is 4.94. The first-order chi connectivity index (χ1) is 9.10. The number of nitrogen functional groups attached to an aromatic ring is 1. The summed E-state index contributed by atoms with van der Waals surface area (Å²) < 4.78 is 5.68. The zero-order chi connectivity index (χ0) is 14.0. The van der Waals surface area contributed by atoms with Gasteiger partial charge in [-0.05, 0) is 25.3 Å². The van der Waals surface area contributed by atoms with Gasteiger partial charge in [0.2, 0.25) is 0 Å². The van der Waals surface area contributed by atoms with Crippen LogP contribution in [0.25, 0.3) is 10.2 Å². The van der Waals surface area contributed by atoms with Gasteiger partial charge in [0.15, 0.2) is 5.82 Å². The Morgan fingerprint density at radius 3 is 2.47 bits per heavy atom. The van der Waals surface area contributed by atoms with Gasteiger partial charge >= 0.3 is 0 Å². The lowest BCUT2D eigenvalue weighted by Crippen LogP contribution is -2.29. The second-order valence-corrected chi connectivity index (χ2v) is 5.74. The van der Waals surface area contributed by atoms with Gasteiger partial charge in [-0.1, -0.05) is 20.8 Å². The summed E-state index contributed by atoms with van der Waals surface area (Å²) in [6.07, 6.45) is 2.65. The van der Waals surface area contributed by atoms with Crippen LogP contribution in [-0.2, 0) is 16.8 Å². The Labute approximate surface area is 118 Å². The molecule has 0 spiro atoms. The Bertz CT molecular complexity index is 567. The van der Waals surface area contributed by atoms with E-state index in [2.05, 4.69) is 31.8 Å². The number of methoxy groups -OCH3 is 1. The molecule has 0 aliphatic rings. The van der Waals surface area contributed by atoms with E-state index in [1.807, 2.05) is 0 Å². The number of nitrogens with zero attached hydrogens (tertiary/aromatic N) is 2. The molecule has 0 atom stereocenters. The quantitative estimate of drug-likeness (QED) is 0.910. The van der Waals surface area contributed by atoms with E-state index in [0.717, 1.165) is 29.5 Å². The molecule has 0 saturated heterocycles. The molecule has 2 N–H and O–H groups in total. The molecule has 19 heavy (non-hydrogen) atoms. The highest BCUT2D eigenvalue weighted by molar-refractivity contribution is 7.18. The second-order valence-electron chi connectivity index (χ2n) is 4.62. The van der Waals surface area contributed by atoms with Gasteiger partial charge in [0.25, 0.3) is 0 Å². The molecule has 0 saturated carbocycles. The summed E-state index contributed by atoms with van der Waals surface area (Å²) >= 11 is 1.69. The molecule has 0 aliphatic carbocycles. The summed E-state index contributed by atoms with van der Waals surface area (Å²) in [6, 6.07) is 2.09. The van der Waals surface area contributed by atoms with Gasteiger partial charge in [-0.2, -0.15) is 0 Å². The van der Waals surface area contributed by atoms with Gasteiger partial charge in [-0.25, -0.2) is 9.97 Å². The topological polar surface area (TPSA) is 61.0 Å². The molecule has 2 heterocycles. The molecule has 2 rings (SSSR count). The summed E-state index contributed by atoms with van der Waals surface area (Å²) in [5, 5.41) is 0.961. The van der Waals surface area contributed by atoms with Gasteiger partial charge in [-0.15, -0.1) is 11.3 Å². The van der Waals surface area contributed by atoms with Crippen LogP contribution in [0, 0.1) is 0 Å². The van der Waals surface area contributed by atoms with Crippen LogP contribution in [0.2, 0.25) is 0 Å². The summed E-state index contributed by atoms with van der Waals surface area (Å²) in [7, 11) is 1.71. The van der Waals surface area contributed by atoms with Gasteiger partial charge in [0, 0.05) is 12.0 Å². The van der Waals surface area contributed by atoms with E-state index in [1.165, 1.54) is 4.88 Å². The van der Waals surface area contributed by atoms with Crippen molar-refractivity contribution in [1.29, 1.82) is 0 Å². The van der Waals surface area contributed by atoms with Crippen molar-refractivity contribution < 1.29 is 4.74 Å². The van der Waals surface area contributed by atoms with Crippen LogP contribution in [0.4, 0.5) is 5.82 Å². The highest BCUT2D eigenvalue weighted by Gasteiger charge is 2.32. The molecule has 2 aromatic rings. The molecule has 5 heteroatoms. The maximum absolute atomic E-state index is 6.09. The van der Waals surface area contributed by atoms with E-state index in [1.54, 1.807) is 18.4 Å². The minimum atomic E-state index is -0.432. The molecule has 4 nitrogen and oxygen atoms in total. The number of aryl methyl sites for hydroxylation is 1. The standard InChI is InChI=1S/C14H21N3OS/c1-5-9-8-10-11(15)16-13(17-12(10)19-9)14(6-2,7-3)18-4/h8H,5-7H2,1-4H3,(H2,15,16,17). The monoisotopic (exact) mass is 279 g/mol. The average Bonchev–Trinajstić information content (AvgIpc) is 2.85. The molecule has 0 aliphatic heterocycles. The van der Waals surface area contributed by atoms with Crippen LogP contribution >= 0.6 is 11.3 Å². The smallest absolute Gasteiger partial charge is 0.164 e. The van der Waals surface area contributed by atoms with Crippen molar-refractivity contribution in [3.8, 4) is 0 Å². The van der Waals surface area contributed by atoms with Gasteiger partial charge < -0.3 is 10.5 Å². The van der Waals surface area contributed by atoms with E-state index in [-0.39, 0.29) is 0 Å². The molecular weight excluding hydrogens is 258 g/mol. The van der Waals surface area contributed by atoms with Crippen LogP contribution in [0.15, 0.2) is 6.07 Å². The predicted molar refractivity (Wildman–Crippen MR) is 80.5 cm³/mol. The number of nitrogens with two attached hydrogens (primary N) is 1. The van der Waals surface area contributed by atoms with E-state index in [9.17, 15) is 0 Å². The highest BCUT2D eigenvalue weighted by Crippen LogP contribution is 2.34. The molecule has 0 unspecified atom stereocenters. The lowest BCUT2D eigenvalue weighted by atomic mass is 9.96. The zero-order valence-electron chi connectivity index (χ0n) is 12.0. The molecule has 0 radical (unpaired) electrons. The van der Waals surface area contributed by atoms with Crippen molar-refractivity contribution in [3.05, 3.63) is 16.8 Å². The number of fused-ring (bicyclic) bond motifs is 1. The minimum absolute atomic E-state index is 0.432. The molecule has 0 aromatic carbocycles. The van der Waals surface area contributed by atoms with Crippen LogP contribution in [0.1, 0.15) is 44.3 Å². The van der Waals surface area contributed by atoms with Crippen molar-refractivity contribution in [2.24, 2.45) is 0 Å². The first-order valence-electron chi connectivity index (χ1n) is 6.71. The van der Waals surface area contributed by atoms with E-state index in [0.29, 0.717) is 11.6 Å². The van der Waals surface area contributed by atoms with Crippen LogP contribution in [0.3, 0.4) is 0 Å². The first kappa shape index (κ1) is 14.2. The molecule has 0 bridgehead atoms. The van der Waals surface area contributed by atoms with Crippen LogP contribution in [0.5, 0.6) is 0 Å². The van der Waals surface area contributed by atoms with Gasteiger partial charge in [-0.3, -0.25) is 0 Å². The fourth-order valence-electron chi connectivity index (χ4n) is 2.32. The minimum Gasteiger partial charge on any atom is -0.383 e. The van der Waals surface area contributed by atoms with Crippen LogP contribution < -0.4 is 5.73 Å². The predicted octanol–water partition coefficient (Wildman–Crippen LogP) is 3.50. The highest BCUT2D eigenvalue weighted by atomic mass is 32.1. The second kappa shape index (κ2) is 5.43. The summed E-state index contributed by atoms with van der Waals surface area (Å²) in [5.41, 5.74) is 5.65. The molecule has 0 amide bonds. The van der Waals surface area contributed by atoms with E-state index >= 15 is 0 Å². The van der Waals surface area contributed by atoms with Crippen molar-refractivity contribution in [2.45, 2.75) is 45.6 Å². The zero-order valence-corrected chi connectivity index (χ0v) is 12.8. The summed E-state index contributed by atoms with van der Waals surface area (Å²) in [6.45, 7) is 6.30. The summed E-state index contributed by atoms with van der Waals surface area (Å²) in [4.78, 5) is 11.4. The number of anilines is 1. The normalized spacial score (nSPS) is 12.2. The van der Waals surface area contributed by atoms with E-state index < -0.39 is 5.60 Å². The molecular formula is C14H21N3OS. The lowest BCUT2D eigenvalue weighted by Gasteiger charge is -2.28. The fraction of sp³-hybridized carbons (Fsp3) is 0.571. The van der Waals surface area contributed by atoms with E-state index in [4.69, 9.17) is 15.5 Å². The molecule has 2 aromatic heterocycles. The van der Waals surface area contributed by atoms with Crippen molar-refractivity contribution in [1.82, 2.24) is 9.97 Å². The Morgan fingerprint density at radius 1 is 1.26 bits per heavy atom. The molecule has 104 valence electrons. The van der Waals surface area contributed by atoms with Gasteiger partial charge in [0.1, 0.15) is 16.2 Å². The Balaban J connectivity index is 2.62. The number of rotatable bonds is 5. The number of thiophene rings is 1. The number of ether oxygens (including phenoxy) is 1. The third kappa shape index (κ3) is 2.32. The Morgan fingerprint density at radius 2 is 1.95 bits per heavy atom. The molecule has 0 fully saturated rings.